The van der Waals surface area contributed by atoms with Crippen LogP contribution >= 0.6 is 0 Å². The molecule has 0 aliphatic carbocycles. The number of likely N-dealkylation sites (N-methyl/N-ethyl adjacent to an activating group) is 1. The van der Waals surface area contributed by atoms with Gasteiger partial charge in [-0.05, 0) is 42.6 Å². The van der Waals surface area contributed by atoms with E-state index in [4.69, 9.17) is 0 Å². The molecule has 100 valence electrons. The summed E-state index contributed by atoms with van der Waals surface area (Å²) < 4.78 is 13.3. The second kappa shape index (κ2) is 6.43. The van der Waals surface area contributed by atoms with Gasteiger partial charge in [-0.25, -0.2) is 4.39 Å². The molecule has 0 radical (unpaired) electrons. The van der Waals surface area contributed by atoms with Crippen LogP contribution in [0.4, 0.5) is 4.39 Å². The minimum Gasteiger partial charge on any atom is -0.310 e. The van der Waals surface area contributed by atoms with E-state index in [9.17, 15) is 4.39 Å². The zero-order chi connectivity index (χ0) is 13.7. The van der Waals surface area contributed by atoms with Crippen molar-refractivity contribution in [1.82, 2.24) is 10.3 Å². The van der Waals surface area contributed by atoms with E-state index in [1.54, 1.807) is 12.3 Å². The Morgan fingerprint density at radius 2 is 2.05 bits per heavy atom. The summed E-state index contributed by atoms with van der Waals surface area (Å²) in [6.45, 7) is 4.99. The molecular weight excluding hydrogens is 239 g/mol. The molecule has 0 fully saturated rings. The van der Waals surface area contributed by atoms with E-state index < -0.39 is 0 Å². The molecule has 0 aliphatic rings. The van der Waals surface area contributed by atoms with Crippen molar-refractivity contribution in [2.24, 2.45) is 0 Å². The van der Waals surface area contributed by atoms with Crippen molar-refractivity contribution >= 4 is 0 Å². The normalized spacial score (nSPS) is 12.4. The molecule has 1 aromatic carbocycles. The van der Waals surface area contributed by atoms with Crippen molar-refractivity contribution in [1.29, 1.82) is 0 Å². The third kappa shape index (κ3) is 3.61. The van der Waals surface area contributed by atoms with E-state index in [1.165, 1.54) is 17.3 Å². The molecule has 0 amide bonds. The number of nitrogens with one attached hydrogen (secondary N) is 1. The van der Waals surface area contributed by atoms with Gasteiger partial charge in [0, 0.05) is 12.2 Å². The highest BCUT2D eigenvalue weighted by Gasteiger charge is 2.13. The molecule has 1 unspecified atom stereocenters. The summed E-state index contributed by atoms with van der Waals surface area (Å²) in [4.78, 5) is 3.94. The fourth-order valence-electron chi connectivity index (χ4n) is 2.23. The number of aromatic nitrogens is 1. The number of hydrogen-bond donors (Lipinski definition) is 1. The highest BCUT2D eigenvalue weighted by molar-refractivity contribution is 5.28. The number of pyridine rings is 1. The van der Waals surface area contributed by atoms with E-state index in [0.717, 1.165) is 18.5 Å². The van der Waals surface area contributed by atoms with Gasteiger partial charge in [0.2, 0.25) is 0 Å². The lowest BCUT2D eigenvalue weighted by atomic mass is 9.97. The summed E-state index contributed by atoms with van der Waals surface area (Å²) in [5, 5.41) is 3.40. The maximum Gasteiger partial charge on any atom is 0.141 e. The Kier molecular flexibility index (Phi) is 4.63. The average Bonchev–Trinajstić information content (AvgIpc) is 2.40. The smallest absolute Gasteiger partial charge is 0.141 e. The quantitative estimate of drug-likeness (QED) is 0.888. The molecule has 2 aromatic rings. The van der Waals surface area contributed by atoms with Gasteiger partial charge in [-0.3, -0.25) is 4.98 Å². The highest BCUT2D eigenvalue weighted by atomic mass is 19.1. The lowest BCUT2D eigenvalue weighted by Crippen LogP contribution is -2.23. The first-order valence-corrected chi connectivity index (χ1v) is 6.59. The first-order chi connectivity index (χ1) is 9.20. The van der Waals surface area contributed by atoms with Crippen LogP contribution in [0.1, 0.15) is 29.7 Å². The predicted molar refractivity (Wildman–Crippen MR) is 75.5 cm³/mol. The number of aryl methyl sites for hydroxylation is 1. The maximum absolute atomic E-state index is 13.3. The van der Waals surface area contributed by atoms with Crippen LogP contribution < -0.4 is 5.32 Å². The molecule has 3 heteroatoms. The Balaban J connectivity index is 2.24. The van der Waals surface area contributed by atoms with Gasteiger partial charge in [0.1, 0.15) is 5.82 Å². The molecule has 1 heterocycles. The van der Waals surface area contributed by atoms with Gasteiger partial charge >= 0.3 is 0 Å². The lowest BCUT2D eigenvalue weighted by molar-refractivity contribution is 0.538. The molecule has 0 bridgehead atoms. The molecule has 0 aliphatic heterocycles. The first kappa shape index (κ1) is 13.7. The van der Waals surface area contributed by atoms with Crippen molar-refractivity contribution < 1.29 is 4.39 Å². The van der Waals surface area contributed by atoms with E-state index >= 15 is 0 Å². The Hall–Kier alpha value is -1.74. The Bertz CT molecular complexity index is 540. The fraction of sp³-hybridized carbons (Fsp3) is 0.312. The summed E-state index contributed by atoms with van der Waals surface area (Å²) >= 11 is 0. The average molecular weight is 258 g/mol. The monoisotopic (exact) mass is 258 g/mol. The third-order valence-electron chi connectivity index (χ3n) is 3.26. The SMILES string of the molecule is CCNC(Cc1ccccc1C)c1cncc(F)c1. The molecule has 1 aromatic heterocycles. The zero-order valence-electron chi connectivity index (χ0n) is 11.4. The maximum atomic E-state index is 13.3. The Morgan fingerprint density at radius 1 is 1.26 bits per heavy atom. The largest absolute Gasteiger partial charge is 0.310 e. The first-order valence-electron chi connectivity index (χ1n) is 6.59. The van der Waals surface area contributed by atoms with Crippen molar-refractivity contribution in [2.75, 3.05) is 6.54 Å². The molecule has 19 heavy (non-hydrogen) atoms. The minimum absolute atomic E-state index is 0.0919. The van der Waals surface area contributed by atoms with Crippen LogP contribution in [-0.2, 0) is 6.42 Å². The van der Waals surface area contributed by atoms with Crippen molar-refractivity contribution in [3.8, 4) is 0 Å². The van der Waals surface area contributed by atoms with E-state index in [-0.39, 0.29) is 11.9 Å². The molecule has 2 rings (SSSR count). The van der Waals surface area contributed by atoms with Crippen molar-refractivity contribution in [3.63, 3.8) is 0 Å². The number of halogens is 1. The summed E-state index contributed by atoms with van der Waals surface area (Å²) in [7, 11) is 0. The van der Waals surface area contributed by atoms with Crippen LogP contribution in [0, 0.1) is 12.7 Å². The van der Waals surface area contributed by atoms with Gasteiger partial charge < -0.3 is 5.32 Å². The van der Waals surface area contributed by atoms with Gasteiger partial charge in [-0.2, -0.15) is 0 Å². The fourth-order valence-corrected chi connectivity index (χ4v) is 2.23. The van der Waals surface area contributed by atoms with Crippen LogP contribution in [0.25, 0.3) is 0 Å². The lowest BCUT2D eigenvalue weighted by Gasteiger charge is -2.19. The van der Waals surface area contributed by atoms with Crippen molar-refractivity contribution in [3.05, 3.63) is 65.2 Å². The molecule has 0 spiro atoms. The number of hydrogen-bond acceptors (Lipinski definition) is 2. The molecule has 1 N–H and O–H groups in total. The standard InChI is InChI=1S/C16H19FN2/c1-3-19-16(14-8-15(17)11-18-10-14)9-13-7-5-4-6-12(13)2/h4-8,10-11,16,19H,3,9H2,1-2H3. The third-order valence-corrected chi connectivity index (χ3v) is 3.26. The van der Waals surface area contributed by atoms with Gasteiger partial charge in [0.15, 0.2) is 0 Å². The predicted octanol–water partition coefficient (Wildman–Crippen LogP) is 3.42. The van der Waals surface area contributed by atoms with E-state index in [0.29, 0.717) is 0 Å². The number of benzene rings is 1. The second-order valence-electron chi connectivity index (χ2n) is 4.68. The number of rotatable bonds is 5. The van der Waals surface area contributed by atoms with Crippen LogP contribution in [-0.4, -0.2) is 11.5 Å². The topological polar surface area (TPSA) is 24.9 Å². The Labute approximate surface area is 113 Å². The van der Waals surface area contributed by atoms with E-state index in [2.05, 4.69) is 36.3 Å². The molecule has 1 atom stereocenters. The van der Waals surface area contributed by atoms with Crippen LogP contribution in [0.15, 0.2) is 42.7 Å². The number of nitrogens with zero attached hydrogens (tertiary/aromatic N) is 1. The summed E-state index contributed by atoms with van der Waals surface area (Å²) in [6.07, 6.45) is 3.81. The second-order valence-corrected chi connectivity index (χ2v) is 4.68. The molecule has 2 nitrogen and oxygen atoms in total. The van der Waals surface area contributed by atoms with Gasteiger partial charge in [-0.15, -0.1) is 0 Å². The van der Waals surface area contributed by atoms with E-state index in [1.807, 2.05) is 12.1 Å². The molecular formula is C16H19FN2. The van der Waals surface area contributed by atoms with Gasteiger partial charge in [-0.1, -0.05) is 31.2 Å². The van der Waals surface area contributed by atoms with Crippen LogP contribution in [0.5, 0.6) is 0 Å². The van der Waals surface area contributed by atoms with Gasteiger partial charge in [0.25, 0.3) is 0 Å². The zero-order valence-corrected chi connectivity index (χ0v) is 11.4. The Morgan fingerprint density at radius 3 is 2.74 bits per heavy atom. The van der Waals surface area contributed by atoms with Crippen LogP contribution in [0.2, 0.25) is 0 Å². The summed E-state index contributed by atoms with van der Waals surface area (Å²) in [5.74, 6) is -0.287. The summed E-state index contributed by atoms with van der Waals surface area (Å²) in [6, 6.07) is 9.93. The minimum atomic E-state index is -0.287. The van der Waals surface area contributed by atoms with Gasteiger partial charge in [0.05, 0.1) is 6.20 Å². The molecule has 0 saturated carbocycles. The summed E-state index contributed by atoms with van der Waals surface area (Å²) in [5.41, 5.74) is 3.43. The highest BCUT2D eigenvalue weighted by Crippen LogP contribution is 2.20. The molecule has 0 saturated heterocycles. The van der Waals surface area contributed by atoms with Crippen molar-refractivity contribution in [2.45, 2.75) is 26.3 Å². The van der Waals surface area contributed by atoms with Crippen LogP contribution in [0.3, 0.4) is 0 Å².